The third kappa shape index (κ3) is 6.58. The van der Waals surface area contributed by atoms with Gasteiger partial charge in [-0.25, -0.2) is 4.79 Å². The van der Waals surface area contributed by atoms with Gasteiger partial charge in [0.05, 0.1) is 11.7 Å². The summed E-state index contributed by atoms with van der Waals surface area (Å²) in [5.74, 6) is -0.619. The molecule has 2 rings (SSSR count). The highest BCUT2D eigenvalue weighted by Gasteiger charge is 2.28. The predicted molar refractivity (Wildman–Crippen MR) is 101 cm³/mol. The highest BCUT2D eigenvalue weighted by Crippen LogP contribution is 2.17. The standard InChI is InChI=1S/C18H29N5O4/c1-18(2,3)27-17(26)23-8-6-12(7-9-23)20-11-13(10-19)21-14-4-5-15(24)22-16(14)25/h10-12,14,21H,4-9,19H2,1-3H3,(H,22,24,25). The molecule has 2 fully saturated rings. The van der Waals surface area contributed by atoms with Crippen LogP contribution in [0.15, 0.2) is 16.9 Å². The largest absolute Gasteiger partial charge is 0.444 e. The zero-order valence-electron chi connectivity index (χ0n) is 16.2. The average Bonchev–Trinajstić information content (AvgIpc) is 2.59. The third-order valence-corrected chi connectivity index (χ3v) is 4.30. The Kier molecular flexibility index (Phi) is 6.81. The summed E-state index contributed by atoms with van der Waals surface area (Å²) in [4.78, 5) is 41.3. The van der Waals surface area contributed by atoms with Crippen LogP contribution in [-0.2, 0) is 14.3 Å². The summed E-state index contributed by atoms with van der Waals surface area (Å²) in [6.07, 6.45) is 4.83. The number of hydrogen-bond donors (Lipinski definition) is 3. The number of piperidine rings is 2. The van der Waals surface area contributed by atoms with Gasteiger partial charge in [-0.3, -0.25) is 19.9 Å². The molecule has 0 aliphatic carbocycles. The Bertz CT molecular complexity index is 630. The van der Waals surface area contributed by atoms with Crippen LogP contribution in [0.4, 0.5) is 4.79 Å². The molecule has 27 heavy (non-hydrogen) atoms. The van der Waals surface area contributed by atoms with Crippen LogP contribution in [0.1, 0.15) is 46.5 Å². The van der Waals surface area contributed by atoms with Crippen LogP contribution in [-0.4, -0.2) is 59.8 Å². The number of nitrogens with zero attached hydrogens (tertiary/aromatic N) is 2. The maximum atomic E-state index is 12.1. The number of allylic oxidation sites excluding steroid dienone is 1. The number of rotatable bonds is 4. The Morgan fingerprint density at radius 2 is 1.96 bits per heavy atom. The summed E-state index contributed by atoms with van der Waals surface area (Å²) in [5, 5.41) is 5.30. The van der Waals surface area contributed by atoms with Crippen molar-refractivity contribution in [3.63, 3.8) is 0 Å². The van der Waals surface area contributed by atoms with Crippen molar-refractivity contribution in [2.24, 2.45) is 10.7 Å². The zero-order valence-corrected chi connectivity index (χ0v) is 16.2. The van der Waals surface area contributed by atoms with E-state index < -0.39 is 11.6 Å². The minimum absolute atomic E-state index is 0.0715. The van der Waals surface area contributed by atoms with Crippen LogP contribution < -0.4 is 16.4 Å². The molecule has 0 spiro atoms. The number of imide groups is 1. The molecule has 1 atom stereocenters. The normalized spacial score (nSPS) is 22.7. The van der Waals surface area contributed by atoms with Gasteiger partial charge in [0, 0.05) is 31.9 Å². The number of likely N-dealkylation sites (tertiary alicyclic amines) is 1. The van der Waals surface area contributed by atoms with Crippen molar-refractivity contribution in [3.05, 3.63) is 11.9 Å². The van der Waals surface area contributed by atoms with Gasteiger partial charge >= 0.3 is 6.09 Å². The van der Waals surface area contributed by atoms with Gasteiger partial charge in [-0.15, -0.1) is 0 Å². The molecular weight excluding hydrogens is 350 g/mol. The fourth-order valence-electron chi connectivity index (χ4n) is 2.87. The molecule has 9 heteroatoms. The first-order valence-electron chi connectivity index (χ1n) is 9.21. The molecule has 2 aliphatic rings. The van der Waals surface area contributed by atoms with Gasteiger partial charge in [0.1, 0.15) is 11.6 Å². The lowest BCUT2D eigenvalue weighted by Gasteiger charge is -2.32. The first kappa shape index (κ1) is 20.7. The summed E-state index contributed by atoms with van der Waals surface area (Å²) in [6.45, 7) is 6.70. The molecule has 2 saturated heterocycles. The Labute approximate surface area is 159 Å². The topological polar surface area (TPSA) is 126 Å². The van der Waals surface area contributed by atoms with Gasteiger partial charge < -0.3 is 20.7 Å². The first-order valence-corrected chi connectivity index (χ1v) is 9.21. The molecular formula is C18H29N5O4. The SMILES string of the molecule is CC(C)(C)OC(=O)N1CCC(N=CC(=CN)NC2CCC(=O)NC2=O)CC1. The maximum Gasteiger partial charge on any atom is 0.410 e. The van der Waals surface area contributed by atoms with Gasteiger partial charge in [0.15, 0.2) is 0 Å². The third-order valence-electron chi connectivity index (χ3n) is 4.30. The maximum absolute atomic E-state index is 12.1. The molecule has 4 N–H and O–H groups in total. The van der Waals surface area contributed by atoms with Crippen LogP contribution in [0.2, 0.25) is 0 Å². The van der Waals surface area contributed by atoms with Crippen molar-refractivity contribution in [2.45, 2.75) is 64.1 Å². The Hall–Kier alpha value is -2.58. The number of ether oxygens (including phenoxy) is 1. The van der Waals surface area contributed by atoms with E-state index in [1.165, 1.54) is 6.20 Å². The lowest BCUT2D eigenvalue weighted by Crippen LogP contribution is -2.50. The number of aliphatic imine (C=N–C) groups is 1. The fraction of sp³-hybridized carbons (Fsp3) is 0.667. The highest BCUT2D eigenvalue weighted by atomic mass is 16.6. The van der Waals surface area contributed by atoms with E-state index in [2.05, 4.69) is 15.6 Å². The monoisotopic (exact) mass is 379 g/mol. The van der Waals surface area contributed by atoms with Crippen LogP contribution in [0.5, 0.6) is 0 Å². The van der Waals surface area contributed by atoms with E-state index in [1.807, 2.05) is 20.8 Å². The van der Waals surface area contributed by atoms with E-state index in [9.17, 15) is 14.4 Å². The summed E-state index contributed by atoms with van der Waals surface area (Å²) >= 11 is 0. The van der Waals surface area contributed by atoms with Gasteiger partial charge in [-0.05, 0) is 40.0 Å². The molecule has 9 nitrogen and oxygen atoms in total. The first-order chi connectivity index (χ1) is 12.7. The second-order valence-corrected chi connectivity index (χ2v) is 7.75. The number of carbonyl (C=O) groups is 3. The minimum Gasteiger partial charge on any atom is -0.444 e. The van der Waals surface area contributed by atoms with E-state index in [1.54, 1.807) is 11.1 Å². The van der Waals surface area contributed by atoms with Crippen molar-refractivity contribution in [2.75, 3.05) is 13.1 Å². The summed E-state index contributed by atoms with van der Waals surface area (Å²) in [7, 11) is 0. The number of hydrogen-bond acceptors (Lipinski definition) is 7. The molecule has 0 aromatic carbocycles. The van der Waals surface area contributed by atoms with Crippen molar-refractivity contribution in [1.82, 2.24) is 15.5 Å². The van der Waals surface area contributed by atoms with Gasteiger partial charge in [-0.1, -0.05) is 0 Å². The van der Waals surface area contributed by atoms with Crippen molar-refractivity contribution in [1.29, 1.82) is 0 Å². The van der Waals surface area contributed by atoms with E-state index in [0.29, 0.717) is 31.6 Å². The molecule has 2 heterocycles. The summed E-state index contributed by atoms with van der Waals surface area (Å²) < 4.78 is 5.38. The quantitative estimate of drug-likeness (QED) is 0.486. The van der Waals surface area contributed by atoms with Crippen LogP contribution in [0.3, 0.4) is 0 Å². The van der Waals surface area contributed by atoms with E-state index in [0.717, 1.165) is 12.8 Å². The Balaban J connectivity index is 1.81. The molecule has 3 amide bonds. The number of nitrogens with two attached hydrogens (primary N) is 1. The van der Waals surface area contributed by atoms with E-state index >= 15 is 0 Å². The molecule has 0 aromatic heterocycles. The minimum atomic E-state index is -0.505. The van der Waals surface area contributed by atoms with Gasteiger partial charge in [0.2, 0.25) is 11.8 Å². The number of nitrogens with one attached hydrogen (secondary N) is 2. The lowest BCUT2D eigenvalue weighted by atomic mass is 10.1. The van der Waals surface area contributed by atoms with Crippen molar-refractivity contribution >= 4 is 24.1 Å². The molecule has 0 saturated carbocycles. The molecule has 0 aromatic rings. The fourth-order valence-corrected chi connectivity index (χ4v) is 2.87. The predicted octanol–water partition coefficient (Wildman–Crippen LogP) is 0.652. The van der Waals surface area contributed by atoms with Gasteiger partial charge in [0.25, 0.3) is 0 Å². The lowest BCUT2D eigenvalue weighted by molar-refractivity contribution is -0.134. The second-order valence-electron chi connectivity index (χ2n) is 7.75. The number of carbonyl (C=O) groups excluding carboxylic acids is 3. The molecule has 2 aliphatic heterocycles. The van der Waals surface area contributed by atoms with Crippen LogP contribution >= 0.6 is 0 Å². The van der Waals surface area contributed by atoms with E-state index in [4.69, 9.17) is 10.5 Å². The Morgan fingerprint density at radius 3 is 2.52 bits per heavy atom. The molecule has 0 radical (unpaired) electrons. The van der Waals surface area contributed by atoms with E-state index in [-0.39, 0.29) is 23.9 Å². The van der Waals surface area contributed by atoms with Gasteiger partial charge in [-0.2, -0.15) is 0 Å². The van der Waals surface area contributed by atoms with Crippen LogP contribution in [0, 0.1) is 0 Å². The van der Waals surface area contributed by atoms with Crippen LogP contribution in [0.25, 0.3) is 0 Å². The molecule has 0 bridgehead atoms. The second kappa shape index (κ2) is 8.88. The molecule has 150 valence electrons. The van der Waals surface area contributed by atoms with Crippen molar-refractivity contribution in [3.8, 4) is 0 Å². The van der Waals surface area contributed by atoms with Crippen molar-refractivity contribution < 1.29 is 19.1 Å². The summed E-state index contributed by atoms with van der Waals surface area (Å²) in [5.41, 5.74) is 5.64. The summed E-state index contributed by atoms with van der Waals surface area (Å²) in [6, 6.07) is -0.430. The zero-order chi connectivity index (χ0) is 20.0. The highest BCUT2D eigenvalue weighted by molar-refractivity contribution is 6.00. The smallest absolute Gasteiger partial charge is 0.410 e. The number of amides is 3. The average molecular weight is 379 g/mol. The Morgan fingerprint density at radius 1 is 1.30 bits per heavy atom. The molecule has 1 unspecified atom stereocenters.